The predicted molar refractivity (Wildman–Crippen MR) is 68.8 cm³/mol. The Morgan fingerprint density at radius 3 is 2.56 bits per heavy atom. The van der Waals surface area contributed by atoms with Crippen LogP contribution < -0.4 is 10.6 Å². The van der Waals surface area contributed by atoms with Crippen LogP contribution in [0.5, 0.6) is 0 Å². The highest BCUT2D eigenvalue weighted by Gasteiger charge is 2.35. The minimum absolute atomic E-state index is 0.0298. The quantitative estimate of drug-likeness (QED) is 0.697. The summed E-state index contributed by atoms with van der Waals surface area (Å²) in [5, 5.41) is 14.4. The van der Waals surface area contributed by atoms with Gasteiger partial charge in [0.15, 0.2) is 0 Å². The lowest BCUT2D eigenvalue weighted by Crippen LogP contribution is -2.48. The topological polar surface area (TPSA) is 68.2 Å². The molecule has 2 saturated heterocycles. The van der Waals surface area contributed by atoms with Gasteiger partial charge < -0.3 is 10.6 Å². The molecule has 5 heteroatoms. The molecule has 18 heavy (non-hydrogen) atoms. The van der Waals surface area contributed by atoms with Gasteiger partial charge in [-0.2, -0.15) is 5.26 Å². The van der Waals surface area contributed by atoms with E-state index in [4.69, 9.17) is 5.26 Å². The third-order valence-electron chi connectivity index (χ3n) is 4.31. The van der Waals surface area contributed by atoms with Crippen molar-refractivity contribution in [3.63, 3.8) is 0 Å². The summed E-state index contributed by atoms with van der Waals surface area (Å²) < 4.78 is 0. The van der Waals surface area contributed by atoms with Gasteiger partial charge >= 0.3 is 0 Å². The van der Waals surface area contributed by atoms with Gasteiger partial charge in [0, 0.05) is 0 Å². The maximum absolute atomic E-state index is 11.5. The fourth-order valence-electron chi connectivity index (χ4n) is 3.04. The molecule has 0 aliphatic carbocycles. The predicted octanol–water partition coefficient (Wildman–Crippen LogP) is 0.0918. The van der Waals surface area contributed by atoms with Gasteiger partial charge in [-0.3, -0.25) is 9.69 Å². The van der Waals surface area contributed by atoms with Gasteiger partial charge in [-0.1, -0.05) is 0 Å². The van der Waals surface area contributed by atoms with Crippen LogP contribution in [0.2, 0.25) is 0 Å². The third-order valence-corrected chi connectivity index (χ3v) is 4.31. The number of carbonyl (C=O) groups is 1. The van der Waals surface area contributed by atoms with Gasteiger partial charge in [-0.25, -0.2) is 0 Å². The Kier molecular flexibility index (Phi) is 4.56. The number of rotatable bonds is 3. The maximum Gasteiger partial charge on any atom is 0.235 e. The number of carbonyl (C=O) groups excluding carboxylic acids is 1. The molecule has 0 saturated carbocycles. The largest absolute Gasteiger partial charge is 0.342 e. The summed E-state index contributed by atoms with van der Waals surface area (Å²) in [5.74, 6) is -0.0298. The smallest absolute Gasteiger partial charge is 0.235 e. The van der Waals surface area contributed by atoms with E-state index in [0.717, 1.165) is 26.2 Å². The normalized spacial score (nSPS) is 23.5. The molecule has 1 amide bonds. The Morgan fingerprint density at radius 2 is 1.94 bits per heavy atom. The first-order valence-electron chi connectivity index (χ1n) is 6.81. The second kappa shape index (κ2) is 6.17. The first-order chi connectivity index (χ1) is 8.74. The van der Waals surface area contributed by atoms with Gasteiger partial charge in [0.1, 0.15) is 6.54 Å². The Balaban J connectivity index is 1.73. The molecule has 2 fully saturated rings. The minimum Gasteiger partial charge on any atom is -0.342 e. The van der Waals surface area contributed by atoms with E-state index in [9.17, 15) is 4.79 Å². The third kappa shape index (κ3) is 3.44. The van der Waals surface area contributed by atoms with Gasteiger partial charge in [-0.15, -0.1) is 0 Å². The molecule has 2 rings (SSSR count). The zero-order valence-corrected chi connectivity index (χ0v) is 10.9. The van der Waals surface area contributed by atoms with Gasteiger partial charge in [0.25, 0.3) is 0 Å². The highest BCUT2D eigenvalue weighted by molar-refractivity contribution is 5.78. The molecule has 0 aromatic heterocycles. The monoisotopic (exact) mass is 250 g/mol. The van der Waals surface area contributed by atoms with Crippen LogP contribution in [0.3, 0.4) is 0 Å². The highest BCUT2D eigenvalue weighted by atomic mass is 16.2. The average molecular weight is 250 g/mol. The van der Waals surface area contributed by atoms with Crippen molar-refractivity contribution in [2.24, 2.45) is 5.41 Å². The molecule has 0 aromatic carbocycles. The summed E-state index contributed by atoms with van der Waals surface area (Å²) >= 11 is 0. The van der Waals surface area contributed by atoms with Gasteiger partial charge in [0.05, 0.1) is 12.6 Å². The zero-order chi connectivity index (χ0) is 12.8. The number of amides is 1. The second-order valence-electron chi connectivity index (χ2n) is 5.46. The number of hydrogen-bond donors (Lipinski definition) is 2. The Labute approximate surface area is 109 Å². The summed E-state index contributed by atoms with van der Waals surface area (Å²) in [7, 11) is 0. The summed E-state index contributed by atoms with van der Waals surface area (Å²) in [6, 6.07) is 1.92. The molecule has 1 spiro atoms. The van der Waals surface area contributed by atoms with E-state index in [1.165, 1.54) is 25.7 Å². The first-order valence-corrected chi connectivity index (χ1v) is 6.81. The molecule has 5 nitrogen and oxygen atoms in total. The van der Waals surface area contributed by atoms with Crippen LogP contribution in [-0.2, 0) is 4.79 Å². The lowest BCUT2D eigenvalue weighted by Gasteiger charge is -2.44. The maximum atomic E-state index is 11.5. The number of hydrogen-bond acceptors (Lipinski definition) is 4. The van der Waals surface area contributed by atoms with Crippen molar-refractivity contribution in [2.75, 3.05) is 39.3 Å². The van der Waals surface area contributed by atoms with Crippen molar-refractivity contribution < 1.29 is 4.79 Å². The summed E-state index contributed by atoms with van der Waals surface area (Å²) in [6.07, 6.45) is 4.98. The van der Waals surface area contributed by atoms with Crippen molar-refractivity contribution >= 4 is 5.91 Å². The van der Waals surface area contributed by atoms with E-state index >= 15 is 0 Å². The van der Waals surface area contributed by atoms with Crippen molar-refractivity contribution in [1.82, 2.24) is 15.5 Å². The van der Waals surface area contributed by atoms with Gasteiger partial charge in [-0.05, 0) is 57.3 Å². The van der Waals surface area contributed by atoms with Crippen LogP contribution in [0.25, 0.3) is 0 Å². The molecule has 0 atom stereocenters. The fraction of sp³-hybridized carbons (Fsp3) is 0.846. The standard InChI is InChI=1S/C13H22N4O/c14-5-8-16-12(18)11-17-9-3-13(4-10-17)1-6-15-7-2-13/h15H,1-4,6-11H2,(H,16,18). The van der Waals surface area contributed by atoms with E-state index < -0.39 is 0 Å². The SMILES string of the molecule is N#CCNC(=O)CN1CCC2(CCNCC2)CC1. The average Bonchev–Trinajstić information content (AvgIpc) is 2.40. The molecule has 0 aromatic rings. The molecular formula is C13H22N4O. The lowest BCUT2D eigenvalue weighted by atomic mass is 9.71. The molecule has 0 unspecified atom stereocenters. The summed E-state index contributed by atoms with van der Waals surface area (Å²) in [6.45, 7) is 4.86. The van der Waals surface area contributed by atoms with E-state index in [-0.39, 0.29) is 12.5 Å². The Morgan fingerprint density at radius 1 is 1.28 bits per heavy atom. The molecular weight excluding hydrogens is 228 g/mol. The van der Waals surface area contributed by atoms with Crippen LogP contribution in [0.4, 0.5) is 0 Å². The lowest BCUT2D eigenvalue weighted by molar-refractivity contribution is -0.122. The van der Waals surface area contributed by atoms with E-state index in [1.54, 1.807) is 0 Å². The highest BCUT2D eigenvalue weighted by Crippen LogP contribution is 2.39. The van der Waals surface area contributed by atoms with E-state index in [2.05, 4.69) is 15.5 Å². The minimum atomic E-state index is -0.0298. The van der Waals surface area contributed by atoms with Crippen molar-refractivity contribution in [1.29, 1.82) is 5.26 Å². The van der Waals surface area contributed by atoms with Crippen molar-refractivity contribution in [2.45, 2.75) is 25.7 Å². The van der Waals surface area contributed by atoms with Gasteiger partial charge in [0.2, 0.25) is 5.91 Å². The molecule has 100 valence electrons. The molecule has 2 aliphatic rings. The summed E-state index contributed by atoms with van der Waals surface area (Å²) in [4.78, 5) is 13.7. The number of nitriles is 1. The van der Waals surface area contributed by atoms with Crippen LogP contribution >= 0.6 is 0 Å². The molecule has 2 heterocycles. The van der Waals surface area contributed by atoms with Crippen LogP contribution in [0.15, 0.2) is 0 Å². The van der Waals surface area contributed by atoms with Crippen molar-refractivity contribution in [3.05, 3.63) is 0 Å². The number of piperidine rings is 2. The van der Waals surface area contributed by atoms with Crippen molar-refractivity contribution in [3.8, 4) is 6.07 Å². The number of nitrogens with zero attached hydrogens (tertiary/aromatic N) is 2. The van der Waals surface area contributed by atoms with E-state index in [1.807, 2.05) is 6.07 Å². The second-order valence-corrected chi connectivity index (χ2v) is 5.46. The van der Waals surface area contributed by atoms with E-state index in [0.29, 0.717) is 12.0 Å². The molecule has 2 aliphatic heterocycles. The first kappa shape index (κ1) is 13.3. The molecule has 0 bridgehead atoms. The summed E-state index contributed by atoms with van der Waals surface area (Å²) in [5.41, 5.74) is 0.533. The fourth-order valence-corrected chi connectivity index (χ4v) is 3.04. The van der Waals surface area contributed by atoms with Crippen LogP contribution in [-0.4, -0.2) is 50.1 Å². The molecule has 0 radical (unpaired) electrons. The Bertz CT molecular complexity index is 320. The zero-order valence-electron chi connectivity index (χ0n) is 10.9. The van der Waals surface area contributed by atoms with Crippen LogP contribution in [0, 0.1) is 16.7 Å². The van der Waals surface area contributed by atoms with Crippen LogP contribution in [0.1, 0.15) is 25.7 Å². The molecule has 2 N–H and O–H groups in total. The number of likely N-dealkylation sites (tertiary alicyclic amines) is 1. The number of nitrogens with one attached hydrogen (secondary N) is 2. The Hall–Kier alpha value is -1.12.